The zero-order chi connectivity index (χ0) is 14.8. The first-order chi connectivity index (χ1) is 9.37. The van der Waals surface area contributed by atoms with Crippen LogP contribution >= 0.6 is 0 Å². The van der Waals surface area contributed by atoms with Crippen molar-refractivity contribution >= 4 is 12.0 Å². The van der Waals surface area contributed by atoms with E-state index >= 15 is 0 Å². The minimum absolute atomic E-state index is 0.0861. The third-order valence-electron chi connectivity index (χ3n) is 4.38. The van der Waals surface area contributed by atoms with Gasteiger partial charge in [0.2, 0.25) is 0 Å². The number of carbonyl (C=O) groups excluding carboxylic acids is 1. The molecular formula is C15H26N2O3. The highest BCUT2D eigenvalue weighted by Gasteiger charge is 2.32. The summed E-state index contributed by atoms with van der Waals surface area (Å²) in [6, 6.07) is -0.0861. The van der Waals surface area contributed by atoms with Crippen LogP contribution in [-0.2, 0) is 4.79 Å². The van der Waals surface area contributed by atoms with Gasteiger partial charge in [0.05, 0.1) is 0 Å². The minimum Gasteiger partial charge on any atom is -0.480 e. The number of likely N-dealkylation sites (tertiary alicyclic amines) is 1. The highest BCUT2D eigenvalue weighted by molar-refractivity contribution is 5.80. The molecule has 0 spiro atoms. The van der Waals surface area contributed by atoms with Crippen LogP contribution in [0, 0.1) is 11.3 Å². The first-order valence-corrected chi connectivity index (χ1v) is 7.63. The molecule has 0 atom stereocenters. The maximum absolute atomic E-state index is 12.5. The van der Waals surface area contributed by atoms with Gasteiger partial charge in [-0.3, -0.25) is 4.79 Å². The molecule has 5 heteroatoms. The second-order valence-corrected chi connectivity index (χ2v) is 7.01. The van der Waals surface area contributed by atoms with Crippen LogP contribution in [0.5, 0.6) is 0 Å². The molecule has 1 saturated carbocycles. The van der Waals surface area contributed by atoms with Gasteiger partial charge in [-0.2, -0.15) is 0 Å². The van der Waals surface area contributed by atoms with Crippen molar-refractivity contribution in [1.82, 2.24) is 9.80 Å². The van der Waals surface area contributed by atoms with Crippen molar-refractivity contribution in [3.05, 3.63) is 0 Å². The van der Waals surface area contributed by atoms with Gasteiger partial charge in [0.15, 0.2) is 0 Å². The number of carboxylic acids is 1. The summed E-state index contributed by atoms with van der Waals surface area (Å²) in [5.74, 6) is -0.407. The van der Waals surface area contributed by atoms with Crippen LogP contribution in [-0.4, -0.2) is 53.1 Å². The van der Waals surface area contributed by atoms with E-state index in [1.165, 1.54) is 4.90 Å². The van der Waals surface area contributed by atoms with E-state index in [4.69, 9.17) is 5.11 Å². The van der Waals surface area contributed by atoms with E-state index < -0.39 is 5.97 Å². The topological polar surface area (TPSA) is 60.9 Å². The number of rotatable bonds is 4. The van der Waals surface area contributed by atoms with E-state index in [1.807, 2.05) is 4.90 Å². The van der Waals surface area contributed by atoms with E-state index in [0.717, 1.165) is 45.2 Å². The lowest BCUT2D eigenvalue weighted by Crippen LogP contribution is -2.46. The first-order valence-electron chi connectivity index (χ1n) is 7.63. The fraction of sp³-hybridized carbons (Fsp3) is 0.867. The molecule has 1 saturated heterocycles. The molecule has 1 heterocycles. The molecule has 2 aliphatic rings. The Labute approximate surface area is 120 Å². The molecule has 2 fully saturated rings. The predicted molar refractivity (Wildman–Crippen MR) is 76.5 cm³/mol. The van der Waals surface area contributed by atoms with Gasteiger partial charge >= 0.3 is 12.0 Å². The van der Waals surface area contributed by atoms with Gasteiger partial charge in [0, 0.05) is 19.6 Å². The molecular weight excluding hydrogens is 256 g/mol. The molecule has 0 aromatic heterocycles. The normalized spacial score (nSPS) is 22.2. The Kier molecular flexibility index (Phi) is 4.55. The Bertz CT molecular complexity index is 377. The van der Waals surface area contributed by atoms with E-state index in [2.05, 4.69) is 13.8 Å². The average molecular weight is 282 g/mol. The third kappa shape index (κ3) is 4.39. The number of carboxylic acid groups (broad SMARTS) is 1. The fourth-order valence-corrected chi connectivity index (χ4v) is 2.80. The first kappa shape index (κ1) is 15.1. The van der Waals surface area contributed by atoms with Crippen LogP contribution in [0.1, 0.15) is 46.0 Å². The standard InChI is InChI=1S/C15H26N2O3/c1-15(2)6-3-8-16(9-7-15)14(20)17(11-13(18)19)10-12-4-5-12/h12H,3-11H2,1-2H3,(H,18,19). The molecule has 0 unspecified atom stereocenters. The smallest absolute Gasteiger partial charge is 0.323 e. The van der Waals surface area contributed by atoms with Crippen molar-refractivity contribution in [2.45, 2.75) is 46.0 Å². The van der Waals surface area contributed by atoms with Crippen molar-refractivity contribution in [2.75, 3.05) is 26.2 Å². The fourth-order valence-electron chi connectivity index (χ4n) is 2.80. The van der Waals surface area contributed by atoms with Crippen molar-refractivity contribution in [2.24, 2.45) is 11.3 Å². The second-order valence-electron chi connectivity index (χ2n) is 7.01. The molecule has 1 aliphatic carbocycles. The monoisotopic (exact) mass is 282 g/mol. The highest BCUT2D eigenvalue weighted by atomic mass is 16.4. The van der Waals surface area contributed by atoms with Crippen LogP contribution in [0.2, 0.25) is 0 Å². The van der Waals surface area contributed by atoms with Gasteiger partial charge in [-0.25, -0.2) is 4.79 Å². The molecule has 0 aromatic carbocycles. The van der Waals surface area contributed by atoms with E-state index in [-0.39, 0.29) is 18.0 Å². The summed E-state index contributed by atoms with van der Waals surface area (Å²) in [5.41, 5.74) is 0.281. The van der Waals surface area contributed by atoms with Crippen molar-refractivity contribution in [3.8, 4) is 0 Å². The molecule has 1 N–H and O–H groups in total. The largest absolute Gasteiger partial charge is 0.480 e. The summed E-state index contributed by atoms with van der Waals surface area (Å²) in [4.78, 5) is 26.9. The Balaban J connectivity index is 1.96. The Morgan fingerprint density at radius 3 is 2.55 bits per heavy atom. The second kappa shape index (κ2) is 6.02. The molecule has 2 amide bonds. The number of nitrogens with zero attached hydrogens (tertiary/aromatic N) is 2. The number of carbonyl (C=O) groups is 2. The summed E-state index contributed by atoms with van der Waals surface area (Å²) in [6.45, 7) is 6.40. The van der Waals surface area contributed by atoms with Crippen LogP contribution in [0.4, 0.5) is 4.79 Å². The third-order valence-corrected chi connectivity index (χ3v) is 4.38. The van der Waals surface area contributed by atoms with Gasteiger partial charge in [-0.1, -0.05) is 13.8 Å². The van der Waals surface area contributed by atoms with Gasteiger partial charge in [0.1, 0.15) is 6.54 Å². The van der Waals surface area contributed by atoms with Crippen LogP contribution in [0.25, 0.3) is 0 Å². The van der Waals surface area contributed by atoms with Gasteiger partial charge < -0.3 is 14.9 Å². The van der Waals surface area contributed by atoms with Crippen molar-refractivity contribution in [1.29, 1.82) is 0 Å². The molecule has 114 valence electrons. The molecule has 0 radical (unpaired) electrons. The maximum Gasteiger partial charge on any atom is 0.323 e. The Morgan fingerprint density at radius 2 is 1.95 bits per heavy atom. The van der Waals surface area contributed by atoms with Gasteiger partial charge in [-0.05, 0) is 43.4 Å². The van der Waals surface area contributed by atoms with Crippen LogP contribution in [0.3, 0.4) is 0 Å². The number of amides is 2. The van der Waals surface area contributed by atoms with Crippen LogP contribution < -0.4 is 0 Å². The maximum atomic E-state index is 12.5. The Morgan fingerprint density at radius 1 is 1.25 bits per heavy atom. The highest BCUT2D eigenvalue weighted by Crippen LogP contribution is 2.32. The summed E-state index contributed by atoms with van der Waals surface area (Å²) in [6.07, 6.45) is 5.36. The van der Waals surface area contributed by atoms with E-state index in [9.17, 15) is 9.59 Å². The number of hydrogen-bond donors (Lipinski definition) is 1. The SMILES string of the molecule is CC1(C)CCCN(C(=O)N(CC(=O)O)CC2CC2)CC1. The molecule has 5 nitrogen and oxygen atoms in total. The van der Waals surface area contributed by atoms with Gasteiger partial charge in [0.25, 0.3) is 0 Å². The average Bonchev–Trinajstić information content (AvgIpc) is 3.15. The van der Waals surface area contributed by atoms with E-state index in [1.54, 1.807) is 0 Å². The van der Waals surface area contributed by atoms with Crippen LogP contribution in [0.15, 0.2) is 0 Å². The lowest BCUT2D eigenvalue weighted by molar-refractivity contribution is -0.137. The number of aliphatic carboxylic acids is 1. The molecule has 20 heavy (non-hydrogen) atoms. The lowest BCUT2D eigenvalue weighted by atomic mass is 9.85. The summed E-state index contributed by atoms with van der Waals surface area (Å²) in [7, 11) is 0. The zero-order valence-electron chi connectivity index (χ0n) is 12.6. The molecule has 0 aromatic rings. The van der Waals surface area contributed by atoms with Crippen molar-refractivity contribution < 1.29 is 14.7 Å². The zero-order valence-corrected chi connectivity index (χ0v) is 12.6. The summed E-state index contributed by atoms with van der Waals surface area (Å²) < 4.78 is 0. The van der Waals surface area contributed by atoms with Gasteiger partial charge in [-0.15, -0.1) is 0 Å². The Hall–Kier alpha value is -1.26. The quantitative estimate of drug-likeness (QED) is 0.861. The minimum atomic E-state index is -0.922. The number of hydrogen-bond acceptors (Lipinski definition) is 2. The van der Waals surface area contributed by atoms with E-state index in [0.29, 0.717) is 12.5 Å². The predicted octanol–water partition coefficient (Wildman–Crippen LogP) is 2.42. The molecule has 2 rings (SSSR count). The molecule has 1 aliphatic heterocycles. The summed E-state index contributed by atoms with van der Waals surface area (Å²) >= 11 is 0. The lowest BCUT2D eigenvalue weighted by Gasteiger charge is -2.29. The summed E-state index contributed by atoms with van der Waals surface area (Å²) in [5, 5.41) is 8.99. The number of urea groups is 1. The van der Waals surface area contributed by atoms with Crippen molar-refractivity contribution in [3.63, 3.8) is 0 Å². The molecule has 0 bridgehead atoms.